The molecule has 1 aliphatic carbocycles. The number of rotatable bonds is 10. The van der Waals surface area contributed by atoms with Gasteiger partial charge >= 0.3 is 0 Å². The van der Waals surface area contributed by atoms with Crippen LogP contribution in [0.3, 0.4) is 0 Å². The highest BCUT2D eigenvalue weighted by atomic mass is 35.5. The number of fused-ring (bicyclic) bond motifs is 2. The van der Waals surface area contributed by atoms with Crippen molar-refractivity contribution in [1.82, 2.24) is 15.2 Å². The zero-order valence-corrected chi connectivity index (χ0v) is 26.5. The summed E-state index contributed by atoms with van der Waals surface area (Å²) in [5.41, 5.74) is 3.63. The van der Waals surface area contributed by atoms with Gasteiger partial charge in [0.15, 0.2) is 11.6 Å². The molecule has 10 heteroatoms. The first-order valence-electron chi connectivity index (χ1n) is 14.6. The molecule has 2 bridgehead atoms. The molecule has 42 heavy (non-hydrogen) atoms. The number of aryl methyl sites for hydroxylation is 2. The maximum atomic E-state index is 14.4. The van der Waals surface area contributed by atoms with Gasteiger partial charge in [-0.25, -0.2) is 9.37 Å². The molecule has 3 heterocycles. The van der Waals surface area contributed by atoms with E-state index in [1.807, 2.05) is 30.2 Å². The first-order chi connectivity index (χ1) is 20.3. The van der Waals surface area contributed by atoms with Gasteiger partial charge in [-0.05, 0) is 80.7 Å². The summed E-state index contributed by atoms with van der Waals surface area (Å²) in [7, 11) is 0. The van der Waals surface area contributed by atoms with Gasteiger partial charge in [0.2, 0.25) is 0 Å². The second-order valence-electron chi connectivity index (χ2n) is 11.4. The molecule has 2 aliphatic heterocycles. The molecular weight excluding hydrogens is 616 g/mol. The van der Waals surface area contributed by atoms with E-state index in [1.165, 1.54) is 6.07 Å². The number of hydrogen-bond donors (Lipinski definition) is 1. The van der Waals surface area contributed by atoms with E-state index in [2.05, 4.69) is 5.32 Å². The Labute approximate surface area is 265 Å². The maximum absolute atomic E-state index is 14.4. The molecule has 1 N–H and O–H groups in total. The third kappa shape index (κ3) is 6.36. The molecular formula is C32H33Cl3FN3O2S. The van der Waals surface area contributed by atoms with Crippen LogP contribution in [0.15, 0.2) is 42.1 Å². The summed E-state index contributed by atoms with van der Waals surface area (Å²) in [5, 5.41) is 6.02. The number of thiazole rings is 1. The summed E-state index contributed by atoms with van der Waals surface area (Å²) < 4.78 is 19.9. The molecule has 1 unspecified atom stereocenters. The highest BCUT2D eigenvalue weighted by Gasteiger charge is 2.41. The summed E-state index contributed by atoms with van der Waals surface area (Å²) in [6.45, 7) is 2.60. The van der Waals surface area contributed by atoms with Crippen LogP contribution < -0.4 is 10.1 Å². The number of nitrogens with zero attached hydrogens (tertiary/aromatic N) is 2. The van der Waals surface area contributed by atoms with E-state index in [4.69, 9.17) is 44.5 Å². The van der Waals surface area contributed by atoms with Crippen molar-refractivity contribution < 1.29 is 13.9 Å². The van der Waals surface area contributed by atoms with Gasteiger partial charge in [-0.3, -0.25) is 4.79 Å². The van der Waals surface area contributed by atoms with Gasteiger partial charge in [0.1, 0.15) is 0 Å². The molecule has 3 aromatic rings. The van der Waals surface area contributed by atoms with Gasteiger partial charge in [0, 0.05) is 42.9 Å². The summed E-state index contributed by atoms with van der Waals surface area (Å²) in [5.74, 6) is -0.271. The lowest BCUT2D eigenvalue weighted by molar-refractivity contribution is -0.128. The first kappa shape index (κ1) is 29.9. The number of hydrogen-bond acceptors (Lipinski definition) is 5. The van der Waals surface area contributed by atoms with Gasteiger partial charge < -0.3 is 15.0 Å². The van der Waals surface area contributed by atoms with E-state index in [0.29, 0.717) is 47.1 Å². The predicted octanol–water partition coefficient (Wildman–Crippen LogP) is 8.42. The lowest BCUT2D eigenvalue weighted by Crippen LogP contribution is -2.51. The molecule has 5 nitrogen and oxygen atoms in total. The van der Waals surface area contributed by atoms with Crippen LogP contribution in [0.4, 0.5) is 4.39 Å². The van der Waals surface area contributed by atoms with Crippen LogP contribution in [-0.4, -0.2) is 40.5 Å². The minimum Gasteiger partial charge on any atom is -0.489 e. The van der Waals surface area contributed by atoms with Crippen molar-refractivity contribution in [1.29, 1.82) is 0 Å². The molecule has 0 spiro atoms. The topological polar surface area (TPSA) is 54.5 Å². The second-order valence-corrected chi connectivity index (χ2v) is 13.7. The molecule has 2 atom stereocenters. The van der Waals surface area contributed by atoms with Gasteiger partial charge in [-0.1, -0.05) is 53.0 Å². The zero-order chi connectivity index (χ0) is 29.4. The van der Waals surface area contributed by atoms with E-state index in [1.54, 1.807) is 23.5 Å². The largest absolute Gasteiger partial charge is 0.489 e. The van der Waals surface area contributed by atoms with E-state index < -0.39 is 5.82 Å². The highest BCUT2D eigenvalue weighted by molar-refractivity contribution is 7.12. The number of piperidine rings is 1. The van der Waals surface area contributed by atoms with Crippen molar-refractivity contribution in [2.24, 2.45) is 0 Å². The predicted molar refractivity (Wildman–Crippen MR) is 168 cm³/mol. The minimum absolute atomic E-state index is 0.0315. The Hall–Kier alpha value is -2.16. The molecule has 222 valence electrons. The Morgan fingerprint density at radius 2 is 1.98 bits per heavy atom. The van der Waals surface area contributed by atoms with E-state index >= 15 is 0 Å². The fourth-order valence-corrected chi connectivity index (χ4v) is 7.59. The summed E-state index contributed by atoms with van der Waals surface area (Å²) in [6, 6.07) is 9.22. The smallest absolute Gasteiger partial charge is 0.252 e. The second kappa shape index (κ2) is 12.8. The Bertz CT molecular complexity index is 1520. The lowest BCUT2D eigenvalue weighted by atomic mass is 9.81. The summed E-state index contributed by atoms with van der Waals surface area (Å²) >= 11 is 20.7. The average molecular weight is 649 g/mol. The van der Waals surface area contributed by atoms with Crippen molar-refractivity contribution in [2.45, 2.75) is 83.0 Å². The summed E-state index contributed by atoms with van der Waals surface area (Å²) in [6.07, 6.45) is 9.24. The first-order valence-corrected chi connectivity index (χ1v) is 16.5. The number of aromatic nitrogens is 1. The van der Waals surface area contributed by atoms with Crippen LogP contribution in [0.1, 0.15) is 66.0 Å². The van der Waals surface area contributed by atoms with Crippen molar-refractivity contribution in [3.05, 3.63) is 84.0 Å². The van der Waals surface area contributed by atoms with Gasteiger partial charge in [-0.2, -0.15) is 0 Å². The average Bonchev–Trinajstić information content (AvgIpc) is 3.71. The maximum Gasteiger partial charge on any atom is 0.252 e. The standard InChI is InChI=1S/C32H33Cl3FN3O2S/c1-18-10-13-24(36)31(29(18)34)41-14-4-9-27-37-16-26(42-27)22-15-20-6-3-8-25(38-20)28(22)32(40)39(21-11-12-21)17-19-5-2-7-23(33)30(19)35/h2,5,7,10,13,16,20-21,25,38H,3-4,6,8-9,11-12,14-15,17H2,1H3/t20-,25?/m0/s1. The molecule has 2 aromatic carbocycles. The van der Waals surface area contributed by atoms with Crippen LogP contribution >= 0.6 is 46.1 Å². The highest BCUT2D eigenvalue weighted by Crippen LogP contribution is 2.41. The number of amides is 1. The Kier molecular flexibility index (Phi) is 9.13. The minimum atomic E-state index is -0.458. The molecule has 1 aromatic heterocycles. The third-order valence-corrected chi connectivity index (χ3v) is 10.8. The van der Waals surface area contributed by atoms with Crippen LogP contribution in [0.5, 0.6) is 5.75 Å². The Balaban J connectivity index is 1.21. The van der Waals surface area contributed by atoms with Crippen LogP contribution in [0.2, 0.25) is 15.1 Å². The molecule has 0 radical (unpaired) electrons. The SMILES string of the molecule is Cc1ccc(F)c(OCCCc2ncc(C3=C(C(=O)N(Cc4cccc(Cl)c4Cl)C4CC4)C4CCC[C@@H](C3)N4)s2)c1Cl. The zero-order valence-electron chi connectivity index (χ0n) is 23.4. The molecule has 1 amide bonds. The monoisotopic (exact) mass is 647 g/mol. The van der Waals surface area contributed by atoms with Crippen molar-refractivity contribution in [3.8, 4) is 5.75 Å². The number of ether oxygens (including phenoxy) is 1. The normalized spacial score (nSPS) is 20.1. The number of halogens is 4. The number of carbonyl (C=O) groups is 1. The fraction of sp³-hybridized carbons (Fsp3) is 0.438. The summed E-state index contributed by atoms with van der Waals surface area (Å²) in [4.78, 5) is 22.1. The number of nitrogens with one attached hydrogen (secondary N) is 1. The van der Waals surface area contributed by atoms with Gasteiger partial charge in [-0.15, -0.1) is 11.3 Å². The van der Waals surface area contributed by atoms with E-state index in [0.717, 1.165) is 70.7 Å². The quantitative estimate of drug-likeness (QED) is 0.224. The van der Waals surface area contributed by atoms with Gasteiger partial charge in [0.25, 0.3) is 5.91 Å². The van der Waals surface area contributed by atoms with Crippen LogP contribution in [-0.2, 0) is 17.8 Å². The van der Waals surface area contributed by atoms with Crippen molar-refractivity contribution in [3.63, 3.8) is 0 Å². The lowest BCUT2D eigenvalue weighted by Gasteiger charge is -2.40. The van der Waals surface area contributed by atoms with E-state index in [-0.39, 0.29) is 23.7 Å². The molecule has 3 aliphatic rings. The van der Waals surface area contributed by atoms with Crippen LogP contribution in [0, 0.1) is 12.7 Å². The van der Waals surface area contributed by atoms with Crippen molar-refractivity contribution >= 4 is 57.6 Å². The van der Waals surface area contributed by atoms with Crippen LogP contribution in [0.25, 0.3) is 5.57 Å². The van der Waals surface area contributed by atoms with E-state index in [9.17, 15) is 9.18 Å². The molecule has 1 saturated heterocycles. The molecule has 1 saturated carbocycles. The Morgan fingerprint density at radius 1 is 1.14 bits per heavy atom. The molecule has 6 rings (SSSR count). The Morgan fingerprint density at radius 3 is 2.79 bits per heavy atom. The molecule has 2 fully saturated rings. The van der Waals surface area contributed by atoms with Gasteiger partial charge in [0.05, 0.1) is 31.6 Å². The number of benzene rings is 2. The van der Waals surface area contributed by atoms with Crippen molar-refractivity contribution in [2.75, 3.05) is 6.61 Å². The number of carbonyl (C=O) groups excluding carboxylic acids is 1. The fourth-order valence-electron chi connectivity index (χ4n) is 5.97. The third-order valence-electron chi connectivity index (χ3n) is 8.33.